The Labute approximate surface area is 129 Å². The lowest BCUT2D eigenvalue weighted by atomic mass is 9.96. The molecule has 0 heterocycles. The molecule has 0 aliphatic carbocycles. The number of benzene rings is 2. The number of hydrogen-bond donors (Lipinski definition) is 1. The first-order chi connectivity index (χ1) is 9.13. The average molecular weight is 365 g/mol. The Morgan fingerprint density at radius 3 is 2.63 bits per heavy atom. The van der Waals surface area contributed by atoms with Gasteiger partial charge in [0.05, 0.1) is 6.04 Å². The van der Waals surface area contributed by atoms with Crippen molar-refractivity contribution in [1.29, 1.82) is 0 Å². The van der Waals surface area contributed by atoms with Gasteiger partial charge in [-0.15, -0.1) is 0 Å². The van der Waals surface area contributed by atoms with Gasteiger partial charge in [-0.3, -0.25) is 0 Å². The van der Waals surface area contributed by atoms with Crippen LogP contribution in [0, 0.1) is 10.5 Å². The quantitative estimate of drug-likeness (QED) is 0.788. The van der Waals surface area contributed by atoms with E-state index < -0.39 is 0 Å². The maximum Gasteiger partial charge on any atom is 0.0562 e. The molecule has 1 unspecified atom stereocenters. The van der Waals surface area contributed by atoms with Crippen LogP contribution in [0.4, 0.5) is 0 Å². The van der Waals surface area contributed by atoms with E-state index >= 15 is 0 Å². The van der Waals surface area contributed by atoms with Gasteiger partial charge in [0.2, 0.25) is 0 Å². The molecule has 0 amide bonds. The Kier molecular flexibility index (Phi) is 4.99. The monoisotopic (exact) mass is 365 g/mol. The van der Waals surface area contributed by atoms with Gasteiger partial charge in [0.25, 0.3) is 0 Å². The number of hydrogen-bond acceptors (Lipinski definition) is 1. The SMILES string of the molecule is CCCc1cccc(C(N)c2cccc(C)c2I)c1. The zero-order chi connectivity index (χ0) is 13.8. The van der Waals surface area contributed by atoms with E-state index in [9.17, 15) is 0 Å². The van der Waals surface area contributed by atoms with E-state index in [0.29, 0.717) is 0 Å². The summed E-state index contributed by atoms with van der Waals surface area (Å²) in [6.07, 6.45) is 2.28. The second-order valence-electron chi connectivity index (χ2n) is 4.95. The summed E-state index contributed by atoms with van der Waals surface area (Å²) < 4.78 is 1.27. The van der Waals surface area contributed by atoms with Crippen LogP contribution in [0.3, 0.4) is 0 Å². The summed E-state index contributed by atoms with van der Waals surface area (Å²) in [5, 5.41) is 0. The molecule has 2 rings (SSSR count). The van der Waals surface area contributed by atoms with Gasteiger partial charge in [0.15, 0.2) is 0 Å². The highest BCUT2D eigenvalue weighted by atomic mass is 127. The summed E-state index contributed by atoms with van der Waals surface area (Å²) in [5.41, 5.74) is 11.5. The molecule has 0 aliphatic heterocycles. The first-order valence-electron chi connectivity index (χ1n) is 6.73. The maximum absolute atomic E-state index is 6.45. The van der Waals surface area contributed by atoms with Gasteiger partial charge in [-0.25, -0.2) is 0 Å². The molecular weight excluding hydrogens is 345 g/mol. The van der Waals surface area contributed by atoms with Crippen LogP contribution in [-0.4, -0.2) is 0 Å². The standard InChI is InChI=1S/C17H20IN/c1-3-6-13-8-5-9-14(11-13)17(19)15-10-4-7-12(2)16(15)18/h4-5,7-11,17H,3,6,19H2,1-2H3. The summed E-state index contributed by atoms with van der Waals surface area (Å²) in [6.45, 7) is 4.33. The molecule has 1 nitrogen and oxygen atoms in total. The highest BCUT2D eigenvalue weighted by Crippen LogP contribution is 2.27. The minimum atomic E-state index is -0.0383. The van der Waals surface area contributed by atoms with E-state index in [4.69, 9.17) is 5.73 Å². The molecule has 2 aromatic rings. The fraction of sp³-hybridized carbons (Fsp3) is 0.294. The lowest BCUT2D eigenvalue weighted by Gasteiger charge is -2.16. The molecule has 0 radical (unpaired) electrons. The van der Waals surface area contributed by atoms with Crippen LogP contribution in [0.25, 0.3) is 0 Å². The van der Waals surface area contributed by atoms with Crippen LogP contribution in [0.15, 0.2) is 42.5 Å². The summed E-state index contributed by atoms with van der Waals surface area (Å²) in [4.78, 5) is 0. The van der Waals surface area contributed by atoms with E-state index in [1.54, 1.807) is 0 Å². The lowest BCUT2D eigenvalue weighted by molar-refractivity contribution is 0.851. The molecule has 0 aliphatic rings. The molecule has 2 heteroatoms. The fourth-order valence-corrected chi connectivity index (χ4v) is 3.02. The Bertz CT molecular complexity index is 563. The van der Waals surface area contributed by atoms with Crippen LogP contribution in [0.5, 0.6) is 0 Å². The smallest absolute Gasteiger partial charge is 0.0562 e. The van der Waals surface area contributed by atoms with Crippen molar-refractivity contribution in [3.63, 3.8) is 0 Å². The Balaban J connectivity index is 2.35. The zero-order valence-corrected chi connectivity index (χ0v) is 13.6. The van der Waals surface area contributed by atoms with Crippen LogP contribution >= 0.6 is 22.6 Å². The number of halogens is 1. The van der Waals surface area contributed by atoms with Crippen LogP contribution in [-0.2, 0) is 6.42 Å². The van der Waals surface area contributed by atoms with Gasteiger partial charge in [-0.05, 0) is 58.2 Å². The minimum absolute atomic E-state index is 0.0383. The molecule has 0 fully saturated rings. The summed E-state index contributed by atoms with van der Waals surface area (Å²) in [6, 6.07) is 15.0. The van der Waals surface area contributed by atoms with Gasteiger partial charge in [0, 0.05) is 3.57 Å². The molecular formula is C17H20IN. The molecule has 0 spiro atoms. The third-order valence-electron chi connectivity index (χ3n) is 3.41. The van der Waals surface area contributed by atoms with Crippen molar-refractivity contribution in [2.75, 3.05) is 0 Å². The predicted molar refractivity (Wildman–Crippen MR) is 90.4 cm³/mol. The van der Waals surface area contributed by atoms with Crippen molar-refractivity contribution in [1.82, 2.24) is 0 Å². The van der Waals surface area contributed by atoms with Crippen molar-refractivity contribution in [2.24, 2.45) is 5.73 Å². The third-order valence-corrected chi connectivity index (χ3v) is 4.88. The lowest BCUT2D eigenvalue weighted by Crippen LogP contribution is -2.14. The minimum Gasteiger partial charge on any atom is -0.320 e. The van der Waals surface area contributed by atoms with E-state index in [2.05, 4.69) is 78.9 Å². The van der Waals surface area contributed by atoms with Crippen LogP contribution in [0.1, 0.15) is 41.6 Å². The molecule has 0 saturated heterocycles. The van der Waals surface area contributed by atoms with E-state index in [1.807, 2.05) is 0 Å². The van der Waals surface area contributed by atoms with Gasteiger partial charge in [-0.1, -0.05) is 55.8 Å². The summed E-state index contributed by atoms with van der Waals surface area (Å²) >= 11 is 2.39. The summed E-state index contributed by atoms with van der Waals surface area (Å²) in [5.74, 6) is 0. The molecule has 2 aromatic carbocycles. The van der Waals surface area contributed by atoms with Crippen molar-refractivity contribution >= 4 is 22.6 Å². The van der Waals surface area contributed by atoms with Gasteiger partial charge < -0.3 is 5.73 Å². The van der Waals surface area contributed by atoms with E-state index in [-0.39, 0.29) is 6.04 Å². The molecule has 19 heavy (non-hydrogen) atoms. The molecule has 0 saturated carbocycles. The molecule has 0 aromatic heterocycles. The fourth-order valence-electron chi connectivity index (χ4n) is 2.32. The van der Waals surface area contributed by atoms with Gasteiger partial charge >= 0.3 is 0 Å². The highest BCUT2D eigenvalue weighted by molar-refractivity contribution is 14.1. The number of rotatable bonds is 4. The van der Waals surface area contributed by atoms with Crippen LogP contribution in [0.2, 0.25) is 0 Å². The molecule has 1 atom stereocenters. The highest BCUT2D eigenvalue weighted by Gasteiger charge is 2.13. The topological polar surface area (TPSA) is 26.0 Å². The Morgan fingerprint density at radius 2 is 1.89 bits per heavy atom. The molecule has 100 valence electrons. The second kappa shape index (κ2) is 6.53. The van der Waals surface area contributed by atoms with Crippen molar-refractivity contribution in [3.8, 4) is 0 Å². The summed E-state index contributed by atoms with van der Waals surface area (Å²) in [7, 11) is 0. The maximum atomic E-state index is 6.45. The Morgan fingerprint density at radius 1 is 1.16 bits per heavy atom. The van der Waals surface area contributed by atoms with E-state index in [1.165, 1.54) is 32.2 Å². The second-order valence-corrected chi connectivity index (χ2v) is 6.03. The molecule has 2 N–H and O–H groups in total. The normalized spacial score (nSPS) is 12.4. The third kappa shape index (κ3) is 3.37. The largest absolute Gasteiger partial charge is 0.320 e. The Hall–Kier alpha value is -0.870. The number of aryl methyl sites for hydroxylation is 2. The van der Waals surface area contributed by atoms with Gasteiger partial charge in [-0.2, -0.15) is 0 Å². The van der Waals surface area contributed by atoms with Crippen molar-refractivity contribution in [2.45, 2.75) is 32.7 Å². The predicted octanol–water partition coefficient (Wildman–Crippen LogP) is 4.60. The average Bonchev–Trinajstić information content (AvgIpc) is 2.42. The first-order valence-corrected chi connectivity index (χ1v) is 7.80. The zero-order valence-electron chi connectivity index (χ0n) is 11.5. The van der Waals surface area contributed by atoms with Gasteiger partial charge in [0.1, 0.15) is 0 Å². The number of nitrogens with two attached hydrogens (primary N) is 1. The molecule has 0 bridgehead atoms. The van der Waals surface area contributed by atoms with E-state index in [0.717, 1.165) is 6.42 Å². The van der Waals surface area contributed by atoms with Crippen molar-refractivity contribution < 1.29 is 0 Å². The first kappa shape index (κ1) is 14.5. The van der Waals surface area contributed by atoms with Crippen molar-refractivity contribution in [3.05, 3.63) is 68.3 Å². The van der Waals surface area contributed by atoms with Crippen LogP contribution < -0.4 is 5.73 Å².